The molecule has 1 unspecified atom stereocenters. The van der Waals surface area contributed by atoms with Gasteiger partial charge in [-0.25, -0.2) is 4.98 Å². The van der Waals surface area contributed by atoms with Gasteiger partial charge in [-0.1, -0.05) is 47.6 Å². The number of alkyl halides is 3. The summed E-state index contributed by atoms with van der Waals surface area (Å²) in [5, 5.41) is 5.06. The van der Waals surface area contributed by atoms with Crippen LogP contribution < -0.4 is 4.72 Å². The van der Waals surface area contributed by atoms with E-state index in [1.54, 1.807) is 0 Å². The molecule has 5 nitrogen and oxygen atoms in total. The molecule has 0 aliphatic carbocycles. The van der Waals surface area contributed by atoms with E-state index in [1.165, 1.54) is 12.1 Å². The van der Waals surface area contributed by atoms with Crippen LogP contribution in [-0.4, -0.2) is 19.4 Å². The molecule has 0 aliphatic rings. The van der Waals surface area contributed by atoms with Crippen LogP contribution in [0.3, 0.4) is 0 Å². The van der Waals surface area contributed by atoms with Crippen molar-refractivity contribution in [3.8, 4) is 11.3 Å². The summed E-state index contributed by atoms with van der Waals surface area (Å²) < 4.78 is 60.8. The van der Waals surface area contributed by atoms with Crippen molar-refractivity contribution in [2.24, 2.45) is 0 Å². The minimum Gasteiger partial charge on any atom is -0.598 e. The summed E-state index contributed by atoms with van der Waals surface area (Å²) in [4.78, 5) is 3.82. The summed E-state index contributed by atoms with van der Waals surface area (Å²) >= 11 is -1.49. The third-order valence-electron chi connectivity index (χ3n) is 5.28. The number of benzene rings is 2. The van der Waals surface area contributed by atoms with E-state index in [0.717, 1.165) is 22.6 Å². The minimum atomic E-state index is -4.55. The summed E-state index contributed by atoms with van der Waals surface area (Å²) in [5.41, 5.74) is 1.97. The molecule has 34 heavy (non-hydrogen) atoms. The first-order valence-electron chi connectivity index (χ1n) is 10.7. The lowest BCUT2D eigenvalue weighted by Crippen LogP contribution is -2.42. The summed E-state index contributed by atoms with van der Waals surface area (Å²) in [6.45, 7) is 5.48. The fraction of sp³-hybridized carbons (Fsp3) is 0.280. The van der Waals surface area contributed by atoms with Crippen molar-refractivity contribution in [1.29, 1.82) is 0 Å². The Labute approximate surface area is 198 Å². The topological polar surface area (TPSA) is 74.0 Å². The Kier molecular flexibility index (Phi) is 6.71. The minimum absolute atomic E-state index is 0.0958. The smallest absolute Gasteiger partial charge is 0.433 e. The van der Waals surface area contributed by atoms with Crippen LogP contribution in [0, 0.1) is 0 Å². The van der Waals surface area contributed by atoms with E-state index in [9.17, 15) is 17.7 Å². The summed E-state index contributed by atoms with van der Waals surface area (Å²) in [7, 11) is 0. The third-order valence-corrected chi connectivity index (χ3v) is 6.90. The molecule has 178 valence electrons. The van der Waals surface area contributed by atoms with E-state index in [0.29, 0.717) is 11.3 Å². The Morgan fingerprint density at radius 1 is 0.971 bits per heavy atom. The van der Waals surface area contributed by atoms with Crippen molar-refractivity contribution in [2.75, 3.05) is 0 Å². The molecule has 0 saturated carbocycles. The lowest BCUT2D eigenvalue weighted by Gasteiger charge is -2.29. The normalized spacial score (nSPS) is 14.3. The molecule has 9 heteroatoms. The third kappa shape index (κ3) is 5.27. The molecule has 1 N–H and O–H groups in total. The first-order chi connectivity index (χ1) is 16.0. The summed E-state index contributed by atoms with van der Waals surface area (Å²) in [5.74, 6) is 0. The molecule has 0 saturated heterocycles. The molecule has 0 fully saturated rings. The van der Waals surface area contributed by atoms with Gasteiger partial charge in [0.25, 0.3) is 0 Å². The quantitative estimate of drug-likeness (QED) is 0.326. The first kappa shape index (κ1) is 24.3. The Balaban J connectivity index is 1.79. The maximum absolute atomic E-state index is 13.2. The fourth-order valence-corrected chi connectivity index (χ4v) is 4.40. The maximum Gasteiger partial charge on any atom is 0.433 e. The molecule has 2 aromatic heterocycles. The van der Waals surface area contributed by atoms with Gasteiger partial charge in [0, 0.05) is 34.4 Å². The molecule has 0 aliphatic heterocycles. The number of hydrogen-bond donors (Lipinski definition) is 1. The van der Waals surface area contributed by atoms with Crippen LogP contribution in [-0.2, 0) is 24.0 Å². The second kappa shape index (κ2) is 9.40. The van der Waals surface area contributed by atoms with Crippen LogP contribution >= 0.6 is 0 Å². The van der Waals surface area contributed by atoms with E-state index in [-0.39, 0.29) is 12.1 Å². The number of pyridine rings is 1. The maximum atomic E-state index is 13.2. The Hall–Kier alpha value is -2.88. The van der Waals surface area contributed by atoms with Crippen molar-refractivity contribution >= 4 is 22.3 Å². The molecule has 2 atom stereocenters. The molecule has 0 bridgehead atoms. The van der Waals surface area contributed by atoms with Crippen molar-refractivity contribution in [3.05, 3.63) is 83.7 Å². The molecular weight excluding hydrogens is 463 g/mol. The Morgan fingerprint density at radius 3 is 2.41 bits per heavy atom. The van der Waals surface area contributed by atoms with Crippen LogP contribution in [0.1, 0.15) is 43.8 Å². The van der Waals surface area contributed by atoms with E-state index in [4.69, 9.17) is 4.52 Å². The average molecular weight is 488 g/mol. The molecule has 2 heterocycles. The zero-order chi connectivity index (χ0) is 24.5. The first-order valence-corrected chi connectivity index (χ1v) is 11.8. The van der Waals surface area contributed by atoms with Gasteiger partial charge in [-0.05, 0) is 50.6 Å². The molecule has 0 spiro atoms. The predicted octanol–water partition coefficient (Wildman–Crippen LogP) is 6.24. The number of nitrogens with zero attached hydrogens (tertiary/aromatic N) is 2. The highest BCUT2D eigenvalue weighted by Crippen LogP contribution is 2.35. The number of hydrogen-bond acceptors (Lipinski definition) is 5. The number of aromatic nitrogens is 2. The van der Waals surface area contributed by atoms with Gasteiger partial charge < -0.3 is 9.08 Å². The molecule has 0 radical (unpaired) electrons. The second-order valence-electron chi connectivity index (χ2n) is 8.88. The van der Waals surface area contributed by atoms with E-state index >= 15 is 0 Å². The monoisotopic (exact) mass is 487 g/mol. The fourth-order valence-electron chi connectivity index (χ4n) is 3.58. The van der Waals surface area contributed by atoms with E-state index in [1.807, 2.05) is 69.3 Å². The van der Waals surface area contributed by atoms with Gasteiger partial charge in [-0.15, -0.1) is 4.72 Å². The standard InChI is InChI=1S/C25H24F3N3O2S/c1-24(2,3)34(32)31-20(15-16-9-8-14-22(29-16)25(26,27)28)17-10-4-5-11-18(17)23-19-12-6-7-13-21(19)33-30-23/h4-14,20,31H,15H2,1-3H3/t20-,34?/m0/s1. The second-order valence-corrected chi connectivity index (χ2v) is 10.9. The Morgan fingerprint density at radius 2 is 1.68 bits per heavy atom. The van der Waals surface area contributed by atoms with Gasteiger partial charge in [-0.2, -0.15) is 13.2 Å². The number of halogens is 3. The molecule has 4 rings (SSSR count). The SMILES string of the molecule is CC(C)(C)[S+]([O-])N[C@@H](Cc1cccc(C(F)(F)F)n1)c1ccccc1-c1noc2ccccc12. The molecule has 0 amide bonds. The molecule has 4 aromatic rings. The largest absolute Gasteiger partial charge is 0.598 e. The zero-order valence-corrected chi connectivity index (χ0v) is 19.7. The van der Waals surface area contributed by atoms with Crippen LogP contribution in [0.25, 0.3) is 22.2 Å². The van der Waals surface area contributed by atoms with Gasteiger partial charge in [0.05, 0.1) is 6.04 Å². The van der Waals surface area contributed by atoms with Crippen LogP contribution in [0.2, 0.25) is 0 Å². The lowest BCUT2D eigenvalue weighted by molar-refractivity contribution is -0.141. The summed E-state index contributed by atoms with van der Waals surface area (Å²) in [6.07, 6.45) is -4.46. The van der Waals surface area contributed by atoms with Gasteiger partial charge in [-0.3, -0.25) is 0 Å². The van der Waals surface area contributed by atoms with Gasteiger partial charge in [0.2, 0.25) is 0 Å². The van der Waals surface area contributed by atoms with E-state index < -0.39 is 34.0 Å². The van der Waals surface area contributed by atoms with Gasteiger partial charge in [0.15, 0.2) is 5.58 Å². The van der Waals surface area contributed by atoms with Crippen molar-refractivity contribution < 1.29 is 22.2 Å². The molecule has 2 aromatic carbocycles. The highest BCUT2D eigenvalue weighted by molar-refractivity contribution is 7.90. The molecular formula is C25H24F3N3O2S. The van der Waals surface area contributed by atoms with Crippen LogP contribution in [0.4, 0.5) is 13.2 Å². The van der Waals surface area contributed by atoms with Gasteiger partial charge in [0.1, 0.15) is 16.1 Å². The number of rotatable bonds is 6. The van der Waals surface area contributed by atoms with Crippen molar-refractivity contribution in [1.82, 2.24) is 14.9 Å². The van der Waals surface area contributed by atoms with E-state index in [2.05, 4.69) is 14.9 Å². The predicted molar refractivity (Wildman–Crippen MR) is 126 cm³/mol. The summed E-state index contributed by atoms with van der Waals surface area (Å²) in [6, 6.07) is 18.0. The number of fused-ring (bicyclic) bond motifs is 1. The lowest BCUT2D eigenvalue weighted by atomic mass is 9.94. The van der Waals surface area contributed by atoms with Crippen molar-refractivity contribution in [2.45, 2.75) is 44.2 Å². The van der Waals surface area contributed by atoms with Crippen molar-refractivity contribution in [3.63, 3.8) is 0 Å². The zero-order valence-electron chi connectivity index (χ0n) is 18.9. The Bertz CT molecular complexity index is 1280. The number of nitrogens with one attached hydrogen (secondary N) is 1. The van der Waals surface area contributed by atoms with Crippen LogP contribution in [0.15, 0.2) is 71.3 Å². The highest BCUT2D eigenvalue weighted by Gasteiger charge is 2.34. The van der Waals surface area contributed by atoms with Crippen LogP contribution in [0.5, 0.6) is 0 Å². The van der Waals surface area contributed by atoms with Gasteiger partial charge >= 0.3 is 6.18 Å². The highest BCUT2D eigenvalue weighted by atomic mass is 32.2. The number of para-hydroxylation sites is 1. The average Bonchev–Trinajstić information content (AvgIpc) is 3.22.